The molecule has 0 radical (unpaired) electrons. The van der Waals surface area contributed by atoms with Gasteiger partial charge in [-0.25, -0.2) is 14.4 Å². The Labute approximate surface area is 203 Å². The maximum atomic E-state index is 12.7. The van der Waals surface area contributed by atoms with Crippen LogP contribution in [0.1, 0.15) is 51.9 Å². The van der Waals surface area contributed by atoms with Gasteiger partial charge in [-0.05, 0) is 63.2 Å². The van der Waals surface area contributed by atoms with Gasteiger partial charge in [-0.2, -0.15) is 0 Å². The lowest BCUT2D eigenvalue weighted by Gasteiger charge is -2.40. The number of hydrogen-bond donors (Lipinski definition) is 1. The summed E-state index contributed by atoms with van der Waals surface area (Å²) in [5.41, 5.74) is -0.480. The maximum Gasteiger partial charge on any atom is 0.408 e. The zero-order valence-corrected chi connectivity index (χ0v) is 22.9. The Kier molecular flexibility index (Phi) is 10.1. The highest BCUT2D eigenvalue weighted by atomic mass is 28.4. The molecule has 0 saturated heterocycles. The summed E-state index contributed by atoms with van der Waals surface area (Å²) in [6, 6.07) is 5.33. The summed E-state index contributed by atoms with van der Waals surface area (Å²) in [7, 11) is 0.272. The average Bonchev–Trinajstić information content (AvgIpc) is 2.72. The van der Waals surface area contributed by atoms with E-state index in [2.05, 4.69) is 5.32 Å². The van der Waals surface area contributed by atoms with Crippen molar-refractivity contribution in [2.24, 2.45) is 0 Å². The minimum atomic E-state index is -2.49. The fourth-order valence-corrected chi connectivity index (χ4v) is 3.79. The molecule has 1 aromatic rings. The summed E-state index contributed by atoms with van der Waals surface area (Å²) in [5, 5.41) is 2.40. The molecule has 0 aliphatic rings. The lowest BCUT2D eigenvalue weighted by molar-refractivity contribution is -0.151. The van der Waals surface area contributed by atoms with Gasteiger partial charge in [0.15, 0.2) is 14.4 Å². The SMILES string of the molecule is COC(=O)[C@@H](O[Si](C)(C)C(C)(C)C)[C@@H](COC(=O)c1ccc(OC)cc1)NC(=O)OC(C)(C)C. The Morgan fingerprint density at radius 1 is 0.971 bits per heavy atom. The van der Waals surface area contributed by atoms with Crippen LogP contribution in [-0.4, -0.2) is 64.9 Å². The normalized spacial score (nSPS) is 13.9. The van der Waals surface area contributed by atoms with Crippen molar-refractivity contribution in [1.29, 1.82) is 0 Å². The Bertz CT molecular complexity index is 840. The molecule has 1 aromatic carbocycles. The smallest absolute Gasteiger partial charge is 0.408 e. The summed E-state index contributed by atoms with van der Waals surface area (Å²) in [4.78, 5) is 37.9. The highest BCUT2D eigenvalue weighted by molar-refractivity contribution is 6.74. The highest BCUT2D eigenvalue weighted by Crippen LogP contribution is 2.37. The van der Waals surface area contributed by atoms with E-state index in [0.29, 0.717) is 5.75 Å². The molecule has 0 heterocycles. The monoisotopic (exact) mass is 497 g/mol. The largest absolute Gasteiger partial charge is 0.497 e. The van der Waals surface area contributed by atoms with E-state index in [4.69, 9.17) is 23.4 Å². The molecule has 10 heteroatoms. The first-order chi connectivity index (χ1) is 15.5. The van der Waals surface area contributed by atoms with Gasteiger partial charge >= 0.3 is 18.0 Å². The molecule has 1 amide bonds. The van der Waals surface area contributed by atoms with Crippen molar-refractivity contribution in [3.63, 3.8) is 0 Å². The molecule has 2 atom stereocenters. The lowest BCUT2D eigenvalue weighted by atomic mass is 10.1. The molecule has 34 heavy (non-hydrogen) atoms. The van der Waals surface area contributed by atoms with Crippen LogP contribution in [0.4, 0.5) is 4.79 Å². The number of rotatable bonds is 9. The van der Waals surface area contributed by atoms with Gasteiger partial charge in [0.05, 0.1) is 19.8 Å². The van der Waals surface area contributed by atoms with Crippen molar-refractivity contribution in [3.8, 4) is 5.75 Å². The predicted molar refractivity (Wildman–Crippen MR) is 131 cm³/mol. The van der Waals surface area contributed by atoms with E-state index in [1.807, 2.05) is 33.9 Å². The summed E-state index contributed by atoms with van der Waals surface area (Å²) in [6.07, 6.45) is -1.98. The third kappa shape index (κ3) is 8.98. The number of alkyl carbamates (subject to hydrolysis) is 1. The molecule has 0 unspecified atom stereocenters. The second-order valence-corrected chi connectivity index (χ2v) is 15.2. The Hall–Kier alpha value is -2.59. The minimum absolute atomic E-state index is 0.227. The third-order valence-corrected chi connectivity index (χ3v) is 9.90. The molecule has 0 fully saturated rings. The molecule has 0 saturated carbocycles. The lowest BCUT2D eigenvalue weighted by Crippen LogP contribution is -2.57. The van der Waals surface area contributed by atoms with Crippen molar-refractivity contribution < 1.29 is 37.8 Å². The zero-order valence-electron chi connectivity index (χ0n) is 21.9. The number of nitrogens with one attached hydrogen (secondary N) is 1. The first kappa shape index (κ1) is 29.4. The van der Waals surface area contributed by atoms with Crippen molar-refractivity contribution in [2.75, 3.05) is 20.8 Å². The number of carbonyl (C=O) groups is 3. The van der Waals surface area contributed by atoms with Crippen LogP contribution in [0, 0.1) is 0 Å². The number of hydrogen-bond acceptors (Lipinski definition) is 8. The number of methoxy groups -OCH3 is 2. The van der Waals surface area contributed by atoms with Gasteiger partial charge in [0.2, 0.25) is 0 Å². The van der Waals surface area contributed by atoms with Crippen LogP contribution in [0.25, 0.3) is 0 Å². The molecule has 0 aromatic heterocycles. The summed E-state index contributed by atoms with van der Waals surface area (Å²) in [5.74, 6) is -0.726. The quantitative estimate of drug-likeness (QED) is 0.305. The Morgan fingerprint density at radius 3 is 1.97 bits per heavy atom. The topological polar surface area (TPSA) is 109 Å². The van der Waals surface area contributed by atoms with E-state index >= 15 is 0 Å². The van der Waals surface area contributed by atoms with E-state index in [1.54, 1.807) is 45.0 Å². The average molecular weight is 498 g/mol. The predicted octanol–water partition coefficient (Wildman–Crippen LogP) is 4.31. The molecular formula is C24H39NO8Si. The second kappa shape index (κ2) is 11.7. The van der Waals surface area contributed by atoms with Crippen LogP contribution >= 0.6 is 0 Å². The van der Waals surface area contributed by atoms with Crippen LogP contribution in [-0.2, 0) is 23.4 Å². The second-order valence-electron chi connectivity index (χ2n) is 10.4. The molecule has 0 spiro atoms. The van der Waals surface area contributed by atoms with Crippen LogP contribution < -0.4 is 10.1 Å². The van der Waals surface area contributed by atoms with Crippen LogP contribution in [0.5, 0.6) is 5.75 Å². The van der Waals surface area contributed by atoms with E-state index in [1.165, 1.54) is 14.2 Å². The van der Waals surface area contributed by atoms with Gasteiger partial charge in [0, 0.05) is 0 Å². The van der Waals surface area contributed by atoms with Gasteiger partial charge in [-0.1, -0.05) is 20.8 Å². The van der Waals surface area contributed by atoms with Crippen molar-refractivity contribution in [1.82, 2.24) is 5.32 Å². The van der Waals surface area contributed by atoms with E-state index in [0.717, 1.165) is 0 Å². The van der Waals surface area contributed by atoms with Crippen molar-refractivity contribution in [2.45, 2.75) is 77.4 Å². The van der Waals surface area contributed by atoms with Crippen LogP contribution in [0.15, 0.2) is 24.3 Å². The van der Waals surface area contributed by atoms with E-state index < -0.39 is 44.1 Å². The summed E-state index contributed by atoms with van der Waals surface area (Å²) >= 11 is 0. The zero-order chi connectivity index (χ0) is 26.3. The van der Waals surface area contributed by atoms with Crippen LogP contribution in [0.2, 0.25) is 18.1 Å². The Morgan fingerprint density at radius 2 is 1.53 bits per heavy atom. The third-order valence-electron chi connectivity index (χ3n) is 5.45. The number of amides is 1. The molecule has 0 bridgehead atoms. The molecule has 1 N–H and O–H groups in total. The fourth-order valence-electron chi connectivity index (χ4n) is 2.54. The van der Waals surface area contributed by atoms with Crippen LogP contribution in [0.3, 0.4) is 0 Å². The van der Waals surface area contributed by atoms with E-state index in [-0.39, 0.29) is 17.2 Å². The highest BCUT2D eigenvalue weighted by Gasteiger charge is 2.44. The van der Waals surface area contributed by atoms with E-state index in [9.17, 15) is 14.4 Å². The van der Waals surface area contributed by atoms with Gasteiger partial charge in [0.25, 0.3) is 0 Å². The standard InChI is InChI=1S/C24H39NO8Si/c1-23(2,3)32-22(28)25-18(15-31-20(26)16-11-13-17(29-7)14-12-16)19(21(27)30-8)33-34(9,10)24(4,5)6/h11-14,18-19H,15H2,1-10H3,(H,25,28)/t18-,19+/m1/s1. The molecule has 9 nitrogen and oxygen atoms in total. The summed E-state index contributed by atoms with van der Waals surface area (Å²) < 4.78 is 27.2. The first-order valence-corrected chi connectivity index (χ1v) is 14.0. The molecule has 192 valence electrons. The maximum absolute atomic E-state index is 12.7. The fraction of sp³-hybridized carbons (Fsp3) is 0.625. The molecule has 0 aliphatic heterocycles. The first-order valence-electron chi connectivity index (χ1n) is 11.1. The van der Waals surface area contributed by atoms with Gasteiger partial charge in [-0.15, -0.1) is 0 Å². The molecule has 1 rings (SSSR count). The number of carbonyl (C=O) groups excluding carboxylic acids is 3. The molecular weight excluding hydrogens is 458 g/mol. The minimum Gasteiger partial charge on any atom is -0.497 e. The van der Waals surface area contributed by atoms with Gasteiger partial charge < -0.3 is 28.7 Å². The number of esters is 2. The summed E-state index contributed by atoms with van der Waals surface area (Å²) in [6.45, 7) is 14.8. The number of benzene rings is 1. The van der Waals surface area contributed by atoms with Gasteiger partial charge in [-0.3, -0.25) is 0 Å². The van der Waals surface area contributed by atoms with Crippen molar-refractivity contribution in [3.05, 3.63) is 29.8 Å². The Balaban J connectivity index is 3.19. The molecule has 0 aliphatic carbocycles. The van der Waals surface area contributed by atoms with Gasteiger partial charge in [0.1, 0.15) is 24.0 Å². The van der Waals surface area contributed by atoms with Crippen molar-refractivity contribution >= 4 is 26.3 Å². The number of ether oxygens (including phenoxy) is 4.